The summed E-state index contributed by atoms with van der Waals surface area (Å²) in [4.78, 5) is 52.3. The van der Waals surface area contributed by atoms with Crippen LogP contribution in [0.5, 0.6) is 0 Å². The molecule has 0 aliphatic heterocycles. The molecule has 0 aromatic carbocycles. The first-order valence-corrected chi connectivity index (χ1v) is 27.1. The Kier molecular flexibility index (Phi) is 40.8. The van der Waals surface area contributed by atoms with Crippen LogP contribution in [0.15, 0.2) is 0 Å². The summed E-state index contributed by atoms with van der Waals surface area (Å²) >= 11 is 4.67. The van der Waals surface area contributed by atoms with Crippen LogP contribution < -0.4 is 10.6 Å². The van der Waals surface area contributed by atoms with Crippen LogP contribution in [0.2, 0.25) is 0 Å². The highest BCUT2D eigenvalue weighted by Crippen LogP contribution is 2.19. The van der Waals surface area contributed by atoms with Crippen LogP contribution >= 0.6 is 12.6 Å². The van der Waals surface area contributed by atoms with E-state index in [1.54, 1.807) is 0 Å². The molecule has 0 fully saturated rings. The molecule has 61 heavy (non-hydrogen) atoms. The molecule has 0 heterocycles. The molecule has 0 spiro atoms. The normalized spacial score (nSPS) is 12.6. The number of carbonyl (C=O) groups is 4. The molecule has 0 aliphatic carbocycles. The Balaban J connectivity index is 5.22. The van der Waals surface area contributed by atoms with Crippen molar-refractivity contribution in [2.24, 2.45) is 0 Å². The molecule has 360 valence electrons. The summed E-state index contributed by atoms with van der Waals surface area (Å²) in [6.07, 6.45) is 35.0. The zero-order chi connectivity index (χ0) is 45.2. The first kappa shape index (κ1) is 59.1. The second-order valence-electron chi connectivity index (χ2n) is 17.3. The first-order valence-electron chi connectivity index (χ1n) is 25.0. The molecule has 0 bridgehead atoms. The molecule has 0 aromatic rings. The molecule has 0 radical (unpaired) electrons. The van der Waals surface area contributed by atoms with E-state index >= 15 is 0 Å². The second-order valence-corrected chi connectivity index (χ2v) is 19.6. The number of amides is 2. The molecule has 2 amide bonds. The van der Waals surface area contributed by atoms with E-state index in [4.69, 9.17) is 9.47 Å². The molecule has 0 aliphatic rings. The van der Waals surface area contributed by atoms with Crippen LogP contribution in [-0.4, -0.2) is 66.6 Å². The average molecular weight is 905 g/mol. The van der Waals surface area contributed by atoms with E-state index in [0.717, 1.165) is 57.8 Å². The summed E-state index contributed by atoms with van der Waals surface area (Å²) in [6.45, 7) is 6.30. The molecule has 0 rings (SSSR count). The van der Waals surface area contributed by atoms with Gasteiger partial charge in [-0.3, -0.25) is 23.7 Å². The lowest BCUT2D eigenvalue weighted by atomic mass is 10.0. The lowest BCUT2D eigenvalue weighted by Gasteiger charge is -2.25. The fraction of sp³-hybridized carbons (Fsp3) is 0.917. The van der Waals surface area contributed by atoms with Gasteiger partial charge < -0.3 is 20.1 Å². The van der Waals surface area contributed by atoms with Gasteiger partial charge in [-0.05, 0) is 25.7 Å². The number of hydrogen-bond donors (Lipinski definition) is 4. The molecular weight excluding hydrogens is 813 g/mol. The van der Waals surface area contributed by atoms with Crippen LogP contribution in [0.25, 0.3) is 0 Å². The fourth-order valence-electron chi connectivity index (χ4n) is 7.49. The smallest absolute Gasteiger partial charge is 0.308 e. The van der Waals surface area contributed by atoms with Crippen molar-refractivity contribution in [2.75, 3.05) is 12.3 Å². The molecule has 13 heteroatoms. The monoisotopic (exact) mass is 905 g/mol. The molecule has 3 N–H and O–H groups in total. The molecule has 0 aromatic heterocycles. The minimum Gasteiger partial charge on any atom is -0.425 e. The van der Waals surface area contributed by atoms with Crippen molar-refractivity contribution in [3.05, 3.63) is 0 Å². The van der Waals surface area contributed by atoms with Crippen molar-refractivity contribution in [3.8, 4) is 0 Å². The highest BCUT2D eigenvalue weighted by molar-refractivity contribution is 7.85. The Morgan fingerprint density at radius 2 is 0.836 bits per heavy atom. The maximum Gasteiger partial charge on any atom is 0.308 e. The van der Waals surface area contributed by atoms with Crippen LogP contribution in [0.4, 0.5) is 0 Å². The summed E-state index contributed by atoms with van der Waals surface area (Å²) < 4.78 is 43.2. The van der Waals surface area contributed by atoms with Gasteiger partial charge in [-0.25, -0.2) is 0 Å². The predicted octanol–water partition coefficient (Wildman–Crippen LogP) is 12.3. The third kappa shape index (κ3) is 40.6. The number of unbranched alkanes of at least 4 members (excludes halogenated alkanes) is 28. The molecule has 0 unspecified atom stereocenters. The number of carbonyl (C=O) groups excluding carboxylic acids is 4. The minimum absolute atomic E-state index is 0.0602. The van der Waals surface area contributed by atoms with E-state index in [9.17, 15) is 32.1 Å². The van der Waals surface area contributed by atoms with Crippen LogP contribution in [0.3, 0.4) is 0 Å². The van der Waals surface area contributed by atoms with Crippen molar-refractivity contribution in [3.63, 3.8) is 0 Å². The Morgan fingerprint density at radius 3 is 1.18 bits per heavy atom. The van der Waals surface area contributed by atoms with Crippen molar-refractivity contribution in [1.29, 1.82) is 0 Å². The van der Waals surface area contributed by atoms with Gasteiger partial charge in [-0.15, -0.1) is 0 Å². The van der Waals surface area contributed by atoms with Crippen LogP contribution in [0.1, 0.15) is 252 Å². The molecule has 11 nitrogen and oxygen atoms in total. The van der Waals surface area contributed by atoms with E-state index < -0.39 is 51.3 Å². The van der Waals surface area contributed by atoms with Crippen molar-refractivity contribution in [1.82, 2.24) is 10.6 Å². The third-order valence-electron chi connectivity index (χ3n) is 11.3. The highest BCUT2D eigenvalue weighted by Gasteiger charge is 2.30. The number of nitrogens with one attached hydrogen (secondary N) is 2. The fourth-order valence-corrected chi connectivity index (χ4v) is 8.20. The van der Waals surface area contributed by atoms with E-state index in [1.807, 2.05) is 0 Å². The molecular formula is C48H92N2O9S2. The van der Waals surface area contributed by atoms with Gasteiger partial charge in [0.1, 0.15) is 6.04 Å². The standard InChI is InChI=1S/C48H92N2O9S2/c1-4-7-10-13-16-19-20-21-22-25-26-29-32-35-43(51)50-47(48(54)49-40-41-61(55,56)57)42(60)38-39-46(58-44(52)36-33-30-27-23-17-14-11-8-5-2)59-45(53)37-34-31-28-24-18-15-12-9-6-3/h42,46-47,60H,4-41H2,1-3H3,(H,49,54)(H,50,51)(H,55,56,57)/t42-,47-/m0/s1. The van der Waals surface area contributed by atoms with Crippen molar-refractivity contribution >= 4 is 46.5 Å². The second kappa shape index (κ2) is 42.1. The lowest BCUT2D eigenvalue weighted by molar-refractivity contribution is -0.189. The van der Waals surface area contributed by atoms with Crippen LogP contribution in [0, 0.1) is 0 Å². The van der Waals surface area contributed by atoms with Crippen LogP contribution in [-0.2, 0) is 38.8 Å². The van der Waals surface area contributed by atoms with Gasteiger partial charge in [0.15, 0.2) is 0 Å². The summed E-state index contributed by atoms with van der Waals surface area (Å²) in [7, 11) is -4.32. The Bertz CT molecular complexity index is 1150. The SMILES string of the molecule is CCCCCCCCCCCCCCCC(=O)N[C@H](C(=O)NCCS(=O)(=O)O)[C@@H](S)CCC(OC(=O)CCCCCCCCCCC)OC(=O)CCCCCCCCCCC. The first-order chi connectivity index (χ1) is 29.4. The van der Waals surface area contributed by atoms with Gasteiger partial charge in [0, 0.05) is 37.5 Å². The maximum atomic E-state index is 13.3. The molecule has 0 saturated heterocycles. The van der Waals surface area contributed by atoms with Gasteiger partial charge in [0.25, 0.3) is 10.1 Å². The van der Waals surface area contributed by atoms with Gasteiger partial charge in [-0.2, -0.15) is 21.0 Å². The Morgan fingerprint density at radius 1 is 0.508 bits per heavy atom. The maximum absolute atomic E-state index is 13.3. The number of ether oxygens (including phenoxy) is 2. The van der Waals surface area contributed by atoms with E-state index in [1.165, 1.54) is 122 Å². The van der Waals surface area contributed by atoms with Gasteiger partial charge in [0.2, 0.25) is 18.1 Å². The summed E-state index contributed by atoms with van der Waals surface area (Å²) in [6, 6.07) is -1.14. The zero-order valence-electron chi connectivity index (χ0n) is 39.2. The summed E-state index contributed by atoms with van der Waals surface area (Å²) in [5.74, 6) is -2.56. The van der Waals surface area contributed by atoms with Crippen molar-refractivity contribution < 1.29 is 41.6 Å². The lowest BCUT2D eigenvalue weighted by Crippen LogP contribution is -2.52. The molecule has 0 saturated carbocycles. The topological polar surface area (TPSA) is 165 Å². The summed E-state index contributed by atoms with van der Waals surface area (Å²) in [5, 5.41) is 4.48. The molecule has 2 atom stereocenters. The summed E-state index contributed by atoms with van der Waals surface area (Å²) in [5.41, 5.74) is 0. The zero-order valence-corrected chi connectivity index (χ0v) is 40.9. The number of thiol groups is 1. The number of hydrogen-bond acceptors (Lipinski definition) is 9. The van der Waals surface area contributed by atoms with E-state index in [0.29, 0.717) is 19.3 Å². The highest BCUT2D eigenvalue weighted by atomic mass is 32.2. The largest absolute Gasteiger partial charge is 0.425 e. The average Bonchev–Trinajstić information content (AvgIpc) is 3.21. The van der Waals surface area contributed by atoms with Gasteiger partial charge in [0.05, 0.1) is 5.75 Å². The van der Waals surface area contributed by atoms with Gasteiger partial charge in [-0.1, -0.05) is 201 Å². The van der Waals surface area contributed by atoms with Crippen molar-refractivity contribution in [2.45, 2.75) is 270 Å². The number of rotatable bonds is 45. The quantitative estimate of drug-likeness (QED) is 0.0153. The minimum atomic E-state index is -4.32. The number of esters is 2. The van der Waals surface area contributed by atoms with E-state index in [2.05, 4.69) is 44.0 Å². The Hall–Kier alpha value is -1.86. The third-order valence-corrected chi connectivity index (χ3v) is 12.6. The van der Waals surface area contributed by atoms with Gasteiger partial charge >= 0.3 is 11.9 Å². The Labute approximate surface area is 379 Å². The van der Waals surface area contributed by atoms with E-state index in [-0.39, 0.29) is 44.6 Å². The predicted molar refractivity (Wildman–Crippen MR) is 253 cm³/mol.